The van der Waals surface area contributed by atoms with E-state index in [1.54, 1.807) is 11.8 Å². The number of aliphatic imine (C=N–C) groups is 1. The Morgan fingerprint density at radius 1 is 1.89 bits per heavy atom. The molecule has 1 atom stereocenters. The van der Waals surface area contributed by atoms with E-state index in [-0.39, 0.29) is 17.0 Å². The fourth-order valence-electron chi connectivity index (χ4n) is 0.517. The second-order valence-corrected chi connectivity index (χ2v) is 3.54. The molecule has 0 aromatic carbocycles. The number of hydrogen-bond acceptors (Lipinski definition) is 3. The Morgan fingerprint density at radius 3 is 2.78 bits per heavy atom. The van der Waals surface area contributed by atoms with Crippen LogP contribution in [0, 0.1) is 0 Å². The SMILES string of the molecule is NC1=NCC(CBr)S1.[Br-]. The third-order valence-electron chi connectivity index (χ3n) is 0.910. The van der Waals surface area contributed by atoms with E-state index >= 15 is 0 Å². The molecule has 54 valence electrons. The normalized spacial score (nSPS) is 25.0. The van der Waals surface area contributed by atoms with Crippen molar-refractivity contribution in [2.24, 2.45) is 10.7 Å². The summed E-state index contributed by atoms with van der Waals surface area (Å²) in [6.07, 6.45) is 0. The van der Waals surface area contributed by atoms with Crippen LogP contribution in [-0.2, 0) is 0 Å². The van der Waals surface area contributed by atoms with Gasteiger partial charge < -0.3 is 22.7 Å². The standard InChI is InChI=1S/C4H7BrN2S.BrH/c5-1-3-2-7-4(6)8-3;/h3H,1-2H2,(H2,6,7);1H/p-1. The van der Waals surface area contributed by atoms with Crippen molar-refractivity contribution in [3.63, 3.8) is 0 Å². The van der Waals surface area contributed by atoms with Crippen molar-refractivity contribution >= 4 is 32.9 Å². The van der Waals surface area contributed by atoms with Crippen LogP contribution in [0.4, 0.5) is 0 Å². The second-order valence-electron chi connectivity index (χ2n) is 1.57. The van der Waals surface area contributed by atoms with E-state index in [0.717, 1.165) is 17.0 Å². The number of rotatable bonds is 1. The van der Waals surface area contributed by atoms with E-state index < -0.39 is 0 Å². The first-order valence-electron chi connectivity index (χ1n) is 2.35. The topological polar surface area (TPSA) is 38.4 Å². The van der Waals surface area contributed by atoms with Gasteiger partial charge >= 0.3 is 0 Å². The van der Waals surface area contributed by atoms with E-state index in [2.05, 4.69) is 20.9 Å². The highest BCUT2D eigenvalue weighted by Gasteiger charge is 2.14. The van der Waals surface area contributed by atoms with Crippen molar-refractivity contribution in [2.75, 3.05) is 11.9 Å². The van der Waals surface area contributed by atoms with Crippen molar-refractivity contribution in [2.45, 2.75) is 5.25 Å². The van der Waals surface area contributed by atoms with Crippen LogP contribution in [0.25, 0.3) is 0 Å². The fraction of sp³-hybridized carbons (Fsp3) is 0.750. The number of hydrogen-bond donors (Lipinski definition) is 1. The van der Waals surface area contributed by atoms with Gasteiger partial charge in [0, 0.05) is 10.6 Å². The first kappa shape index (κ1) is 9.78. The third kappa shape index (κ3) is 2.91. The summed E-state index contributed by atoms with van der Waals surface area (Å²) < 4.78 is 0. The molecule has 1 heterocycles. The summed E-state index contributed by atoms with van der Waals surface area (Å²) in [7, 11) is 0. The molecule has 5 heteroatoms. The average Bonchev–Trinajstić information content (AvgIpc) is 2.14. The molecule has 1 unspecified atom stereocenters. The molecule has 0 amide bonds. The average molecular weight is 275 g/mol. The van der Waals surface area contributed by atoms with E-state index in [4.69, 9.17) is 5.73 Å². The molecular formula is C4H7Br2N2S-. The van der Waals surface area contributed by atoms with Crippen molar-refractivity contribution < 1.29 is 17.0 Å². The zero-order valence-corrected chi connectivity index (χ0v) is 8.67. The van der Waals surface area contributed by atoms with Crippen molar-refractivity contribution in [1.82, 2.24) is 0 Å². The summed E-state index contributed by atoms with van der Waals surface area (Å²) >= 11 is 5.00. The highest BCUT2D eigenvalue weighted by Crippen LogP contribution is 2.19. The Kier molecular flexibility index (Phi) is 4.97. The van der Waals surface area contributed by atoms with Crippen LogP contribution in [-0.4, -0.2) is 22.3 Å². The lowest BCUT2D eigenvalue weighted by molar-refractivity contribution is -0.00000160. The zero-order valence-electron chi connectivity index (χ0n) is 4.68. The van der Waals surface area contributed by atoms with Gasteiger partial charge in [0.05, 0.1) is 6.54 Å². The maximum absolute atomic E-state index is 5.39. The van der Waals surface area contributed by atoms with Crippen LogP contribution in [0.1, 0.15) is 0 Å². The number of nitrogens with zero attached hydrogens (tertiary/aromatic N) is 1. The van der Waals surface area contributed by atoms with E-state index in [0.29, 0.717) is 5.25 Å². The lowest BCUT2D eigenvalue weighted by Gasteiger charge is -1.97. The molecule has 0 fully saturated rings. The molecule has 1 aliphatic rings. The minimum Gasteiger partial charge on any atom is -1.00 e. The molecule has 0 radical (unpaired) electrons. The molecule has 0 aliphatic carbocycles. The molecule has 1 aliphatic heterocycles. The van der Waals surface area contributed by atoms with Crippen molar-refractivity contribution in [1.29, 1.82) is 0 Å². The molecule has 2 nitrogen and oxygen atoms in total. The summed E-state index contributed by atoms with van der Waals surface area (Å²) in [6, 6.07) is 0. The molecule has 0 spiro atoms. The maximum atomic E-state index is 5.39. The second kappa shape index (κ2) is 4.57. The summed E-state index contributed by atoms with van der Waals surface area (Å²) in [5.41, 5.74) is 5.39. The van der Waals surface area contributed by atoms with Crippen LogP contribution < -0.4 is 22.7 Å². The van der Waals surface area contributed by atoms with E-state index in [1.165, 1.54) is 0 Å². The van der Waals surface area contributed by atoms with Gasteiger partial charge in [-0.3, -0.25) is 4.99 Å². The van der Waals surface area contributed by atoms with Crippen molar-refractivity contribution in [3.8, 4) is 0 Å². The Morgan fingerprint density at radius 2 is 2.56 bits per heavy atom. The van der Waals surface area contributed by atoms with E-state index in [1.807, 2.05) is 0 Å². The minimum atomic E-state index is 0. The summed E-state index contributed by atoms with van der Waals surface area (Å²) in [6.45, 7) is 0.877. The third-order valence-corrected chi connectivity index (χ3v) is 3.14. The van der Waals surface area contributed by atoms with Crippen molar-refractivity contribution in [3.05, 3.63) is 0 Å². The fourth-order valence-corrected chi connectivity index (χ4v) is 1.82. The van der Waals surface area contributed by atoms with Crippen LogP contribution in [0.2, 0.25) is 0 Å². The highest BCUT2D eigenvalue weighted by molar-refractivity contribution is 9.09. The van der Waals surface area contributed by atoms with Gasteiger partial charge in [-0.05, 0) is 0 Å². The van der Waals surface area contributed by atoms with Gasteiger partial charge in [0.25, 0.3) is 0 Å². The zero-order chi connectivity index (χ0) is 5.98. The Hall–Kier alpha value is 0.780. The molecule has 0 saturated carbocycles. The molecule has 0 bridgehead atoms. The van der Waals surface area contributed by atoms with Crippen LogP contribution in [0.15, 0.2) is 4.99 Å². The van der Waals surface area contributed by atoms with Gasteiger partial charge in [0.1, 0.15) is 0 Å². The number of halogens is 2. The molecule has 1 rings (SSSR count). The summed E-state index contributed by atoms with van der Waals surface area (Å²) in [5, 5.41) is 2.30. The highest BCUT2D eigenvalue weighted by atomic mass is 79.9. The predicted molar refractivity (Wildman–Crippen MR) is 41.7 cm³/mol. The van der Waals surface area contributed by atoms with Gasteiger partial charge in [0.15, 0.2) is 5.17 Å². The number of alkyl halides is 1. The minimum absolute atomic E-state index is 0. The first-order chi connectivity index (χ1) is 3.83. The monoisotopic (exact) mass is 273 g/mol. The summed E-state index contributed by atoms with van der Waals surface area (Å²) in [4.78, 5) is 4.02. The number of thioether (sulfide) groups is 1. The molecule has 0 aromatic rings. The molecule has 0 saturated heterocycles. The first-order valence-corrected chi connectivity index (χ1v) is 4.35. The quantitative estimate of drug-likeness (QED) is 0.552. The number of nitrogens with two attached hydrogens (primary N) is 1. The van der Waals surface area contributed by atoms with Gasteiger partial charge in [0.2, 0.25) is 0 Å². The lowest BCUT2D eigenvalue weighted by Crippen LogP contribution is -3.00. The molecule has 0 aromatic heterocycles. The van der Waals surface area contributed by atoms with Gasteiger partial charge in [-0.2, -0.15) is 0 Å². The lowest BCUT2D eigenvalue weighted by atomic mass is 10.5. The maximum Gasteiger partial charge on any atom is 0.154 e. The molecular weight excluding hydrogens is 268 g/mol. The molecule has 9 heavy (non-hydrogen) atoms. The Labute approximate surface area is 77.6 Å². The van der Waals surface area contributed by atoms with E-state index in [9.17, 15) is 0 Å². The van der Waals surface area contributed by atoms with Gasteiger partial charge in [-0.1, -0.05) is 27.7 Å². The van der Waals surface area contributed by atoms with Crippen LogP contribution in [0.3, 0.4) is 0 Å². The Balaban J connectivity index is 0.000000640. The largest absolute Gasteiger partial charge is 1.00 e. The number of amidine groups is 1. The van der Waals surface area contributed by atoms with Gasteiger partial charge in [-0.15, -0.1) is 0 Å². The van der Waals surface area contributed by atoms with Gasteiger partial charge in [-0.25, -0.2) is 0 Å². The predicted octanol–water partition coefficient (Wildman–Crippen LogP) is -2.18. The Bertz CT molecular complexity index is 117. The van der Waals surface area contributed by atoms with Crippen LogP contribution >= 0.6 is 27.7 Å². The molecule has 2 N–H and O–H groups in total. The smallest absolute Gasteiger partial charge is 0.154 e. The van der Waals surface area contributed by atoms with Crippen LogP contribution in [0.5, 0.6) is 0 Å². The summed E-state index contributed by atoms with van der Waals surface area (Å²) in [5.74, 6) is 0.